The van der Waals surface area contributed by atoms with E-state index in [1.165, 1.54) is 32.1 Å². The maximum atomic E-state index is 10.9. The van der Waals surface area contributed by atoms with Crippen LogP contribution in [0, 0.1) is 5.41 Å². The second-order valence-electron chi connectivity index (χ2n) is 7.76. The van der Waals surface area contributed by atoms with E-state index in [9.17, 15) is 4.79 Å². The molecular formula is C16H31NO2. The fourth-order valence-corrected chi connectivity index (χ4v) is 3.24. The molecule has 0 aliphatic heterocycles. The summed E-state index contributed by atoms with van der Waals surface area (Å²) < 4.78 is 0. The summed E-state index contributed by atoms with van der Waals surface area (Å²) in [5, 5.41) is 8.94. The highest BCUT2D eigenvalue weighted by Gasteiger charge is 2.32. The second-order valence-corrected chi connectivity index (χ2v) is 7.76. The first-order valence-electron chi connectivity index (χ1n) is 7.60. The number of aliphatic carboxylic acids is 1. The lowest BCUT2D eigenvalue weighted by Gasteiger charge is -2.41. The lowest BCUT2D eigenvalue weighted by Crippen LogP contribution is -2.49. The maximum Gasteiger partial charge on any atom is 0.304 e. The van der Waals surface area contributed by atoms with Crippen LogP contribution in [0.25, 0.3) is 0 Å². The molecule has 0 aromatic rings. The van der Waals surface area contributed by atoms with Crippen LogP contribution in [0.15, 0.2) is 0 Å². The molecule has 0 saturated heterocycles. The van der Waals surface area contributed by atoms with Gasteiger partial charge < -0.3 is 5.11 Å². The Morgan fingerprint density at radius 2 is 1.89 bits per heavy atom. The van der Waals surface area contributed by atoms with Gasteiger partial charge >= 0.3 is 5.97 Å². The van der Waals surface area contributed by atoms with E-state index in [1.54, 1.807) is 0 Å². The molecule has 3 heteroatoms. The summed E-state index contributed by atoms with van der Waals surface area (Å²) in [5.74, 6) is -0.691. The van der Waals surface area contributed by atoms with E-state index in [0.29, 0.717) is 18.0 Å². The van der Waals surface area contributed by atoms with Crippen LogP contribution in [0.1, 0.15) is 73.1 Å². The zero-order valence-electron chi connectivity index (χ0n) is 13.3. The molecule has 1 unspecified atom stereocenters. The number of carboxylic acid groups (broad SMARTS) is 1. The molecule has 1 rings (SSSR count). The Kier molecular flexibility index (Phi) is 5.43. The highest BCUT2D eigenvalue weighted by molar-refractivity contribution is 5.66. The van der Waals surface area contributed by atoms with Gasteiger partial charge in [-0.1, -0.05) is 20.3 Å². The summed E-state index contributed by atoms with van der Waals surface area (Å²) in [4.78, 5) is 13.3. The Bertz CT molecular complexity index is 304. The summed E-state index contributed by atoms with van der Waals surface area (Å²) in [6.07, 6.45) is 6.45. The minimum Gasteiger partial charge on any atom is -0.481 e. The van der Waals surface area contributed by atoms with Gasteiger partial charge in [0.25, 0.3) is 0 Å². The number of carbonyl (C=O) groups is 1. The molecule has 1 aliphatic rings. The highest BCUT2D eigenvalue weighted by Crippen LogP contribution is 2.36. The molecule has 0 aromatic carbocycles. The average molecular weight is 269 g/mol. The van der Waals surface area contributed by atoms with Gasteiger partial charge in [0.05, 0.1) is 6.42 Å². The predicted molar refractivity (Wildman–Crippen MR) is 79.4 cm³/mol. The van der Waals surface area contributed by atoms with Crippen LogP contribution >= 0.6 is 0 Å². The van der Waals surface area contributed by atoms with E-state index >= 15 is 0 Å². The van der Waals surface area contributed by atoms with Gasteiger partial charge in [0.2, 0.25) is 0 Å². The van der Waals surface area contributed by atoms with Crippen molar-refractivity contribution in [2.24, 2.45) is 5.41 Å². The monoisotopic (exact) mass is 269 g/mol. The Morgan fingerprint density at radius 1 is 1.26 bits per heavy atom. The van der Waals surface area contributed by atoms with Gasteiger partial charge in [0.15, 0.2) is 0 Å². The Balaban J connectivity index is 2.71. The predicted octanol–water partition coefficient (Wildman–Crippen LogP) is 3.92. The largest absolute Gasteiger partial charge is 0.481 e. The van der Waals surface area contributed by atoms with E-state index in [4.69, 9.17) is 5.11 Å². The van der Waals surface area contributed by atoms with Gasteiger partial charge in [-0.15, -0.1) is 0 Å². The number of rotatable bonds is 4. The molecule has 1 atom stereocenters. The number of hydrogen-bond donors (Lipinski definition) is 1. The van der Waals surface area contributed by atoms with Crippen LogP contribution in [-0.2, 0) is 4.79 Å². The quantitative estimate of drug-likeness (QED) is 0.786. The van der Waals surface area contributed by atoms with Crippen molar-refractivity contribution >= 4 is 5.97 Å². The van der Waals surface area contributed by atoms with Crippen molar-refractivity contribution in [2.75, 3.05) is 6.54 Å². The Labute approximate surface area is 118 Å². The van der Waals surface area contributed by atoms with E-state index in [1.807, 2.05) is 0 Å². The normalized spacial score (nSPS) is 24.2. The molecule has 112 valence electrons. The van der Waals surface area contributed by atoms with Gasteiger partial charge in [-0.05, 0) is 51.9 Å². The van der Waals surface area contributed by atoms with Gasteiger partial charge in [0, 0.05) is 18.1 Å². The molecule has 0 amide bonds. The molecule has 1 N–H and O–H groups in total. The molecule has 19 heavy (non-hydrogen) atoms. The first-order valence-corrected chi connectivity index (χ1v) is 7.60. The SMILES string of the molecule is CC1(C)CCCC(N(CCC(=O)O)C(C)(C)C)CC1. The van der Waals surface area contributed by atoms with Crippen molar-refractivity contribution < 1.29 is 9.90 Å². The molecule has 0 aromatic heterocycles. The molecule has 1 fully saturated rings. The summed E-state index contributed by atoms with van der Waals surface area (Å²) >= 11 is 0. The molecule has 1 aliphatic carbocycles. The summed E-state index contributed by atoms with van der Waals surface area (Å²) in [5.41, 5.74) is 0.500. The van der Waals surface area contributed by atoms with Crippen LogP contribution in [0.3, 0.4) is 0 Å². The van der Waals surface area contributed by atoms with Crippen molar-refractivity contribution in [2.45, 2.75) is 84.7 Å². The number of carboxylic acids is 1. The topological polar surface area (TPSA) is 40.5 Å². The van der Waals surface area contributed by atoms with Crippen LogP contribution in [0.4, 0.5) is 0 Å². The fraction of sp³-hybridized carbons (Fsp3) is 0.938. The average Bonchev–Trinajstić information content (AvgIpc) is 2.38. The highest BCUT2D eigenvalue weighted by atomic mass is 16.4. The molecule has 1 saturated carbocycles. The van der Waals surface area contributed by atoms with E-state index < -0.39 is 5.97 Å². The van der Waals surface area contributed by atoms with Gasteiger partial charge in [-0.3, -0.25) is 9.69 Å². The zero-order chi connectivity index (χ0) is 14.7. The maximum absolute atomic E-state index is 10.9. The van der Waals surface area contributed by atoms with Crippen LogP contribution in [0.5, 0.6) is 0 Å². The van der Waals surface area contributed by atoms with E-state index in [2.05, 4.69) is 39.5 Å². The smallest absolute Gasteiger partial charge is 0.304 e. The first kappa shape index (κ1) is 16.5. The molecule has 0 spiro atoms. The third kappa shape index (κ3) is 5.52. The lowest BCUT2D eigenvalue weighted by atomic mass is 9.85. The minimum atomic E-state index is -0.691. The molecule has 0 heterocycles. The third-order valence-electron chi connectivity index (χ3n) is 4.41. The second kappa shape index (κ2) is 6.25. The number of hydrogen-bond acceptors (Lipinski definition) is 2. The molecule has 3 nitrogen and oxygen atoms in total. The summed E-state index contributed by atoms with van der Waals surface area (Å²) in [6, 6.07) is 0.543. The van der Waals surface area contributed by atoms with Crippen molar-refractivity contribution in [3.8, 4) is 0 Å². The van der Waals surface area contributed by atoms with E-state index in [-0.39, 0.29) is 12.0 Å². The van der Waals surface area contributed by atoms with Crippen molar-refractivity contribution in [1.29, 1.82) is 0 Å². The van der Waals surface area contributed by atoms with Crippen molar-refractivity contribution in [1.82, 2.24) is 4.90 Å². The lowest BCUT2D eigenvalue weighted by molar-refractivity contribution is -0.137. The van der Waals surface area contributed by atoms with Crippen molar-refractivity contribution in [3.63, 3.8) is 0 Å². The van der Waals surface area contributed by atoms with Gasteiger partial charge in [-0.2, -0.15) is 0 Å². The van der Waals surface area contributed by atoms with Gasteiger partial charge in [0.1, 0.15) is 0 Å². The van der Waals surface area contributed by atoms with Crippen LogP contribution in [-0.4, -0.2) is 34.1 Å². The van der Waals surface area contributed by atoms with Crippen molar-refractivity contribution in [3.05, 3.63) is 0 Å². The Hall–Kier alpha value is -0.570. The third-order valence-corrected chi connectivity index (χ3v) is 4.41. The summed E-state index contributed by atoms with van der Waals surface area (Å²) in [7, 11) is 0. The molecule has 0 bridgehead atoms. The van der Waals surface area contributed by atoms with Crippen LogP contribution in [0.2, 0.25) is 0 Å². The Morgan fingerprint density at radius 3 is 2.42 bits per heavy atom. The number of nitrogens with zero attached hydrogens (tertiary/aromatic N) is 1. The first-order chi connectivity index (χ1) is 8.62. The molecule has 0 radical (unpaired) electrons. The minimum absolute atomic E-state index is 0.0502. The fourth-order valence-electron chi connectivity index (χ4n) is 3.24. The standard InChI is InChI=1S/C16H31NO2/c1-15(2,3)17(12-9-14(18)19)13-7-6-10-16(4,5)11-8-13/h13H,6-12H2,1-5H3,(H,18,19). The summed E-state index contributed by atoms with van der Waals surface area (Å²) in [6.45, 7) is 12.0. The molecular weight excluding hydrogens is 238 g/mol. The zero-order valence-corrected chi connectivity index (χ0v) is 13.3. The van der Waals surface area contributed by atoms with Gasteiger partial charge in [-0.25, -0.2) is 0 Å². The van der Waals surface area contributed by atoms with E-state index in [0.717, 1.165) is 0 Å². The van der Waals surface area contributed by atoms with Crippen LogP contribution < -0.4 is 0 Å².